The molecule has 2 aromatic heterocycles. The molecular formula is C21H15ClF4N6OS. The van der Waals surface area contributed by atoms with Gasteiger partial charge in [0.25, 0.3) is 0 Å². The summed E-state index contributed by atoms with van der Waals surface area (Å²) in [6.45, 7) is -3.13. The zero-order valence-electron chi connectivity index (χ0n) is 17.1. The molecule has 0 unspecified atom stereocenters. The lowest BCUT2D eigenvalue weighted by Crippen LogP contribution is -2.36. The highest BCUT2D eigenvalue weighted by molar-refractivity contribution is 7.11. The van der Waals surface area contributed by atoms with Crippen LogP contribution >= 0.6 is 22.9 Å². The Balaban J connectivity index is 1.76. The predicted molar refractivity (Wildman–Crippen MR) is 119 cm³/mol. The number of halogens is 5. The van der Waals surface area contributed by atoms with Gasteiger partial charge in [-0.1, -0.05) is 22.8 Å². The van der Waals surface area contributed by atoms with Crippen LogP contribution in [0.15, 0.2) is 57.9 Å². The van der Waals surface area contributed by atoms with Crippen LogP contribution in [0.4, 0.5) is 17.6 Å². The Hall–Kier alpha value is -3.25. The van der Waals surface area contributed by atoms with E-state index in [2.05, 4.69) is 15.2 Å². The van der Waals surface area contributed by atoms with E-state index in [0.29, 0.717) is 32.4 Å². The number of nitrogens with zero attached hydrogens (tertiary/aromatic N) is 6. The molecule has 13 heteroatoms. The Morgan fingerprint density at radius 2 is 2.15 bits per heavy atom. The van der Waals surface area contributed by atoms with Gasteiger partial charge >= 0.3 is 6.55 Å². The number of hydrogen-bond donors (Lipinski definition) is 1. The van der Waals surface area contributed by atoms with Crippen molar-refractivity contribution in [3.63, 3.8) is 0 Å². The Morgan fingerprint density at radius 3 is 2.79 bits per heavy atom. The molecule has 0 spiro atoms. The summed E-state index contributed by atoms with van der Waals surface area (Å²) in [6.07, 6.45) is 3.22. The number of aliphatic imine (C=N–C) groups is 1. The monoisotopic (exact) mass is 510 g/mol. The van der Waals surface area contributed by atoms with Crippen molar-refractivity contribution in [3.8, 4) is 0 Å². The molecule has 2 aliphatic rings. The van der Waals surface area contributed by atoms with Gasteiger partial charge in [0.2, 0.25) is 0 Å². The Kier molecular flexibility index (Phi) is 5.64. The van der Waals surface area contributed by atoms with Gasteiger partial charge in [-0.3, -0.25) is 4.99 Å². The number of amidine groups is 1. The summed E-state index contributed by atoms with van der Waals surface area (Å²) in [4.78, 5) is 10.6. The Labute approximate surface area is 199 Å². The largest absolute Gasteiger partial charge is 0.411 e. The molecule has 3 aromatic rings. The minimum Gasteiger partial charge on any atom is -0.411 e. The van der Waals surface area contributed by atoms with E-state index in [1.807, 2.05) is 0 Å². The first-order valence-corrected chi connectivity index (χ1v) is 11.2. The van der Waals surface area contributed by atoms with Crippen LogP contribution in [-0.4, -0.2) is 49.1 Å². The molecule has 176 valence electrons. The zero-order valence-corrected chi connectivity index (χ0v) is 18.7. The molecule has 0 bridgehead atoms. The first kappa shape index (κ1) is 22.5. The first-order valence-electron chi connectivity index (χ1n) is 9.94. The average molecular weight is 511 g/mol. The van der Waals surface area contributed by atoms with E-state index in [9.17, 15) is 13.2 Å². The van der Waals surface area contributed by atoms with Crippen LogP contribution in [0.1, 0.15) is 35.3 Å². The van der Waals surface area contributed by atoms with Crippen LogP contribution in [-0.2, 0) is 0 Å². The maximum Gasteiger partial charge on any atom is 0.333 e. The fourth-order valence-corrected chi connectivity index (χ4v) is 5.08. The van der Waals surface area contributed by atoms with E-state index in [1.165, 1.54) is 29.5 Å². The van der Waals surface area contributed by atoms with Gasteiger partial charge in [-0.25, -0.2) is 18.4 Å². The number of rotatable bonds is 5. The van der Waals surface area contributed by atoms with E-state index in [1.54, 1.807) is 16.5 Å². The molecule has 7 nitrogen and oxygen atoms in total. The predicted octanol–water partition coefficient (Wildman–Crippen LogP) is 5.31. The summed E-state index contributed by atoms with van der Waals surface area (Å²) in [5.74, 6) is -0.229. The van der Waals surface area contributed by atoms with Crippen LogP contribution in [0, 0.1) is 5.82 Å². The summed E-state index contributed by atoms with van der Waals surface area (Å²) < 4.78 is 56.5. The summed E-state index contributed by atoms with van der Waals surface area (Å²) in [5.41, 5.74) is -0.817. The molecule has 5 rings (SSSR count). The number of thiazole rings is 1. The minimum atomic E-state index is -2.88. The second kappa shape index (κ2) is 8.51. The number of alkyl halides is 3. The molecule has 2 atom stereocenters. The van der Waals surface area contributed by atoms with Gasteiger partial charge in [0.05, 0.1) is 18.5 Å². The van der Waals surface area contributed by atoms with Gasteiger partial charge in [-0.15, -0.1) is 11.3 Å². The van der Waals surface area contributed by atoms with Gasteiger partial charge < -0.3 is 10.1 Å². The molecule has 1 aromatic carbocycles. The van der Waals surface area contributed by atoms with Gasteiger partial charge in [-0.2, -0.15) is 13.9 Å². The van der Waals surface area contributed by atoms with Gasteiger partial charge in [0.15, 0.2) is 16.5 Å². The summed E-state index contributed by atoms with van der Waals surface area (Å²) in [5, 5.41) is 18.2. The third kappa shape index (κ3) is 3.86. The van der Waals surface area contributed by atoms with Crippen LogP contribution < -0.4 is 0 Å². The van der Waals surface area contributed by atoms with E-state index in [-0.39, 0.29) is 23.7 Å². The molecule has 2 aliphatic heterocycles. The lowest BCUT2D eigenvalue weighted by atomic mass is 9.91. The van der Waals surface area contributed by atoms with Gasteiger partial charge in [0.1, 0.15) is 11.9 Å². The number of oxime groups is 1. The van der Waals surface area contributed by atoms with Crippen LogP contribution in [0.2, 0.25) is 5.02 Å². The summed E-state index contributed by atoms with van der Waals surface area (Å²) in [7, 11) is 0. The third-order valence-corrected chi connectivity index (χ3v) is 6.65. The van der Waals surface area contributed by atoms with Crippen LogP contribution in [0.3, 0.4) is 0 Å². The topological polar surface area (TPSA) is 78.9 Å². The maximum atomic E-state index is 15.6. The molecule has 0 radical (unpaired) electrons. The minimum absolute atomic E-state index is 0.0634. The molecule has 4 heterocycles. The van der Waals surface area contributed by atoms with Gasteiger partial charge in [-0.05, 0) is 18.2 Å². The number of fused-ring (bicyclic) bond motifs is 1. The van der Waals surface area contributed by atoms with Crippen molar-refractivity contribution < 1.29 is 22.8 Å². The van der Waals surface area contributed by atoms with Crippen molar-refractivity contribution in [1.29, 1.82) is 0 Å². The summed E-state index contributed by atoms with van der Waals surface area (Å²) in [6, 6.07) is 4.23. The van der Waals surface area contributed by atoms with Crippen molar-refractivity contribution in [2.75, 3.05) is 6.54 Å². The zero-order chi connectivity index (χ0) is 24.0. The number of benzene rings is 1. The van der Waals surface area contributed by atoms with Crippen molar-refractivity contribution in [1.82, 2.24) is 19.7 Å². The molecule has 0 amide bonds. The van der Waals surface area contributed by atoms with Crippen molar-refractivity contribution >= 4 is 40.6 Å². The summed E-state index contributed by atoms with van der Waals surface area (Å²) >= 11 is 7.64. The first-order chi connectivity index (χ1) is 16.3. The van der Waals surface area contributed by atoms with Gasteiger partial charge in [0, 0.05) is 46.1 Å². The number of allylic oxidation sites excluding steroid dienone is 1. The molecular weight excluding hydrogens is 496 g/mol. The van der Waals surface area contributed by atoms with E-state index in [4.69, 9.17) is 21.8 Å². The van der Waals surface area contributed by atoms with Crippen LogP contribution in [0.5, 0.6) is 0 Å². The second-order valence-corrected chi connectivity index (χ2v) is 9.02. The maximum absolute atomic E-state index is 15.6. The standard InChI is InChI=1S/C21H15ClF4N6OS/c22-13-7-11(23)1-2-12(13)17-16(14-3-5-32(30-14)20(24)25)15-8-21(26,9-28-33)10-31(15)18(29-17)19-27-4-6-34-19/h1-7,9,17,20,33H,8,10H2/b28-9+/t17-,21-/m0/s1. The molecule has 0 saturated carbocycles. The second-order valence-electron chi connectivity index (χ2n) is 7.72. The molecule has 1 N–H and O–H groups in total. The molecule has 1 saturated heterocycles. The van der Waals surface area contributed by atoms with Crippen molar-refractivity contribution in [2.45, 2.75) is 24.7 Å². The molecule has 34 heavy (non-hydrogen) atoms. The number of aromatic nitrogens is 3. The smallest absolute Gasteiger partial charge is 0.333 e. The van der Waals surface area contributed by atoms with E-state index >= 15 is 4.39 Å². The Morgan fingerprint density at radius 1 is 1.32 bits per heavy atom. The molecule has 0 aliphatic carbocycles. The van der Waals surface area contributed by atoms with Crippen molar-refractivity contribution in [3.05, 3.63) is 74.8 Å². The van der Waals surface area contributed by atoms with Crippen LogP contribution in [0.25, 0.3) is 5.57 Å². The SMILES string of the molecule is O/N=C/[C@@]1(F)CC2=C(c3ccn(C(F)F)n3)[C@H](c3ccc(F)cc3Cl)N=C(c3nccs3)N2C1. The highest BCUT2D eigenvalue weighted by Gasteiger charge is 2.48. The lowest BCUT2D eigenvalue weighted by Gasteiger charge is -2.32. The van der Waals surface area contributed by atoms with E-state index in [0.717, 1.165) is 18.5 Å². The number of hydrogen-bond acceptors (Lipinski definition) is 7. The highest BCUT2D eigenvalue weighted by Crippen LogP contribution is 2.48. The van der Waals surface area contributed by atoms with Crippen molar-refractivity contribution in [2.24, 2.45) is 10.1 Å². The third-order valence-electron chi connectivity index (χ3n) is 5.55. The average Bonchev–Trinajstić information content (AvgIpc) is 3.53. The fraction of sp³-hybridized carbons (Fsp3) is 0.238. The Bertz CT molecular complexity index is 1320. The molecule has 1 fully saturated rings. The quantitative estimate of drug-likeness (QED) is 0.218. The highest BCUT2D eigenvalue weighted by atomic mass is 35.5. The fourth-order valence-electron chi connectivity index (χ4n) is 4.17. The lowest BCUT2D eigenvalue weighted by molar-refractivity contribution is 0.0564. The normalized spacial score (nSPS) is 22.7. The van der Waals surface area contributed by atoms with E-state index < -0.39 is 24.1 Å².